The zero-order valence-electron chi connectivity index (χ0n) is 7.64. The van der Waals surface area contributed by atoms with Crippen LogP contribution >= 0.6 is 11.6 Å². The van der Waals surface area contributed by atoms with E-state index in [-0.39, 0.29) is 0 Å². The van der Waals surface area contributed by atoms with Crippen molar-refractivity contribution in [2.75, 3.05) is 13.7 Å². The van der Waals surface area contributed by atoms with Gasteiger partial charge in [0.2, 0.25) is 0 Å². The summed E-state index contributed by atoms with van der Waals surface area (Å²) in [7, 11) is 1.65. The van der Waals surface area contributed by atoms with Crippen LogP contribution in [0, 0.1) is 0 Å². The van der Waals surface area contributed by atoms with Gasteiger partial charge < -0.3 is 4.74 Å². The number of nitrogens with zero attached hydrogens (tertiary/aromatic N) is 4. The summed E-state index contributed by atoms with van der Waals surface area (Å²) in [5, 5.41) is 5.34. The number of halogens is 1. The number of rotatable bonds is 3. The van der Waals surface area contributed by atoms with Gasteiger partial charge in [-0.15, -0.1) is 0 Å². The molecule has 14 heavy (non-hydrogen) atoms. The van der Waals surface area contributed by atoms with E-state index in [1.165, 1.54) is 6.33 Å². The van der Waals surface area contributed by atoms with Gasteiger partial charge in [-0.05, 0) is 0 Å². The molecule has 0 aliphatic heterocycles. The lowest BCUT2D eigenvalue weighted by molar-refractivity contribution is 0.184. The molecular formula is C8H9ClN4O. The molecule has 0 fully saturated rings. The Labute approximate surface area is 85.7 Å². The van der Waals surface area contributed by atoms with Gasteiger partial charge in [0.15, 0.2) is 5.65 Å². The molecule has 0 saturated heterocycles. The fourth-order valence-electron chi connectivity index (χ4n) is 1.21. The van der Waals surface area contributed by atoms with Crippen molar-refractivity contribution in [1.29, 1.82) is 0 Å². The number of aromatic nitrogens is 4. The van der Waals surface area contributed by atoms with Crippen molar-refractivity contribution in [1.82, 2.24) is 19.7 Å². The maximum atomic E-state index is 5.87. The molecule has 0 aromatic carbocycles. The number of hydrogen-bond acceptors (Lipinski definition) is 4. The fourth-order valence-corrected chi connectivity index (χ4v) is 1.38. The lowest BCUT2D eigenvalue weighted by Crippen LogP contribution is -2.06. The van der Waals surface area contributed by atoms with E-state index in [0.29, 0.717) is 18.3 Å². The first kappa shape index (κ1) is 9.36. The SMILES string of the molecule is COCCn1ncc2c(Cl)ncnc21. The van der Waals surface area contributed by atoms with Gasteiger partial charge in [-0.3, -0.25) is 0 Å². The largest absolute Gasteiger partial charge is 0.383 e. The van der Waals surface area contributed by atoms with Gasteiger partial charge in [-0.1, -0.05) is 11.6 Å². The first-order valence-corrected chi connectivity index (χ1v) is 4.51. The van der Waals surface area contributed by atoms with Gasteiger partial charge in [0, 0.05) is 7.11 Å². The molecule has 2 heterocycles. The molecule has 6 heteroatoms. The Kier molecular flexibility index (Phi) is 2.60. The van der Waals surface area contributed by atoms with Crippen LogP contribution in [-0.2, 0) is 11.3 Å². The van der Waals surface area contributed by atoms with E-state index in [2.05, 4.69) is 15.1 Å². The molecule has 2 rings (SSSR count). The molecule has 0 aliphatic rings. The quantitative estimate of drug-likeness (QED) is 0.716. The fraction of sp³-hybridized carbons (Fsp3) is 0.375. The average molecular weight is 213 g/mol. The van der Waals surface area contributed by atoms with Gasteiger partial charge in [0.05, 0.1) is 24.7 Å². The summed E-state index contributed by atoms with van der Waals surface area (Å²) in [6.45, 7) is 1.26. The second-order valence-electron chi connectivity index (χ2n) is 2.76. The van der Waals surface area contributed by atoms with Gasteiger partial charge in [0.25, 0.3) is 0 Å². The molecule has 2 aromatic rings. The Bertz CT molecular complexity index is 442. The van der Waals surface area contributed by atoms with Crippen LogP contribution in [-0.4, -0.2) is 33.5 Å². The standard InChI is InChI=1S/C8H9ClN4O/c1-14-3-2-13-8-6(4-12-13)7(9)10-5-11-8/h4-5H,2-3H2,1H3. The lowest BCUT2D eigenvalue weighted by atomic mass is 10.4. The van der Waals surface area contributed by atoms with Crippen LogP contribution in [0.5, 0.6) is 0 Å². The Hall–Kier alpha value is -1.20. The summed E-state index contributed by atoms with van der Waals surface area (Å²) in [6.07, 6.45) is 3.09. The predicted octanol–water partition coefficient (Wildman–Crippen LogP) is 1.13. The first-order chi connectivity index (χ1) is 6.83. The van der Waals surface area contributed by atoms with Crippen LogP contribution in [0.2, 0.25) is 5.15 Å². The highest BCUT2D eigenvalue weighted by Crippen LogP contribution is 2.17. The van der Waals surface area contributed by atoms with E-state index >= 15 is 0 Å². The topological polar surface area (TPSA) is 52.8 Å². The summed E-state index contributed by atoms with van der Waals surface area (Å²) in [4.78, 5) is 7.97. The van der Waals surface area contributed by atoms with Crippen molar-refractivity contribution in [3.05, 3.63) is 17.7 Å². The number of hydrogen-bond donors (Lipinski definition) is 0. The third-order valence-corrected chi connectivity index (χ3v) is 2.19. The third-order valence-electron chi connectivity index (χ3n) is 1.89. The maximum Gasteiger partial charge on any atom is 0.162 e. The Morgan fingerprint density at radius 2 is 2.36 bits per heavy atom. The molecule has 2 aromatic heterocycles. The molecule has 74 valence electrons. The molecule has 0 radical (unpaired) electrons. The normalized spacial score (nSPS) is 11.0. The molecule has 0 spiro atoms. The van der Waals surface area contributed by atoms with Crippen molar-refractivity contribution >= 4 is 22.6 Å². The van der Waals surface area contributed by atoms with Gasteiger partial charge in [-0.2, -0.15) is 5.10 Å². The zero-order chi connectivity index (χ0) is 9.97. The molecular weight excluding hydrogens is 204 g/mol. The molecule has 0 N–H and O–H groups in total. The lowest BCUT2D eigenvalue weighted by Gasteiger charge is -2.00. The summed E-state index contributed by atoms with van der Waals surface area (Å²) in [5.41, 5.74) is 0.738. The molecule has 5 nitrogen and oxygen atoms in total. The minimum Gasteiger partial charge on any atom is -0.383 e. The van der Waals surface area contributed by atoms with Crippen molar-refractivity contribution in [2.24, 2.45) is 0 Å². The molecule has 0 unspecified atom stereocenters. The van der Waals surface area contributed by atoms with Crippen molar-refractivity contribution < 1.29 is 4.74 Å². The summed E-state index contributed by atoms with van der Waals surface area (Å²) >= 11 is 5.87. The number of fused-ring (bicyclic) bond motifs is 1. The van der Waals surface area contributed by atoms with Gasteiger partial charge in [-0.25, -0.2) is 14.6 Å². The van der Waals surface area contributed by atoms with Crippen LogP contribution in [0.15, 0.2) is 12.5 Å². The maximum absolute atomic E-state index is 5.87. The van der Waals surface area contributed by atoms with Crippen LogP contribution in [0.1, 0.15) is 0 Å². The predicted molar refractivity (Wildman–Crippen MR) is 52.2 cm³/mol. The highest BCUT2D eigenvalue weighted by atomic mass is 35.5. The van der Waals surface area contributed by atoms with E-state index in [1.54, 1.807) is 18.0 Å². The third kappa shape index (κ3) is 1.56. The minimum atomic E-state index is 0.429. The van der Waals surface area contributed by atoms with Crippen LogP contribution in [0.4, 0.5) is 0 Å². The first-order valence-electron chi connectivity index (χ1n) is 4.14. The highest BCUT2D eigenvalue weighted by Gasteiger charge is 2.06. The summed E-state index contributed by atoms with van der Waals surface area (Å²) in [5.74, 6) is 0. The average Bonchev–Trinajstić information content (AvgIpc) is 2.60. The minimum absolute atomic E-state index is 0.429. The molecule has 0 aliphatic carbocycles. The monoisotopic (exact) mass is 212 g/mol. The van der Waals surface area contributed by atoms with Gasteiger partial charge in [0.1, 0.15) is 11.5 Å². The zero-order valence-corrected chi connectivity index (χ0v) is 8.40. The van der Waals surface area contributed by atoms with Crippen LogP contribution in [0.3, 0.4) is 0 Å². The smallest absolute Gasteiger partial charge is 0.162 e. The Morgan fingerprint density at radius 1 is 1.50 bits per heavy atom. The van der Waals surface area contributed by atoms with Crippen molar-refractivity contribution in [3.8, 4) is 0 Å². The van der Waals surface area contributed by atoms with Crippen LogP contribution < -0.4 is 0 Å². The second kappa shape index (κ2) is 3.89. The molecule has 0 bridgehead atoms. The Morgan fingerprint density at radius 3 is 3.14 bits per heavy atom. The molecule has 0 amide bonds. The highest BCUT2D eigenvalue weighted by molar-refractivity contribution is 6.33. The van der Waals surface area contributed by atoms with E-state index < -0.39 is 0 Å². The van der Waals surface area contributed by atoms with Gasteiger partial charge >= 0.3 is 0 Å². The van der Waals surface area contributed by atoms with E-state index in [1.807, 2.05) is 0 Å². The summed E-state index contributed by atoms with van der Waals surface area (Å²) < 4.78 is 6.70. The van der Waals surface area contributed by atoms with E-state index in [0.717, 1.165) is 11.0 Å². The number of methoxy groups -OCH3 is 1. The van der Waals surface area contributed by atoms with E-state index in [4.69, 9.17) is 16.3 Å². The van der Waals surface area contributed by atoms with Crippen molar-refractivity contribution in [2.45, 2.75) is 6.54 Å². The second-order valence-corrected chi connectivity index (χ2v) is 3.12. The van der Waals surface area contributed by atoms with Crippen molar-refractivity contribution in [3.63, 3.8) is 0 Å². The molecule has 0 atom stereocenters. The molecule has 0 saturated carbocycles. The van der Waals surface area contributed by atoms with E-state index in [9.17, 15) is 0 Å². The summed E-state index contributed by atoms with van der Waals surface area (Å²) in [6, 6.07) is 0. The van der Waals surface area contributed by atoms with Crippen LogP contribution in [0.25, 0.3) is 11.0 Å². The number of ether oxygens (including phenoxy) is 1. The Balaban J connectivity index is 2.42.